The zero-order valence-electron chi connectivity index (χ0n) is 15.4. The van der Waals surface area contributed by atoms with Crippen LogP contribution in [0.5, 0.6) is 5.75 Å². The van der Waals surface area contributed by atoms with Gasteiger partial charge >= 0.3 is 5.97 Å². The van der Waals surface area contributed by atoms with Crippen molar-refractivity contribution in [3.05, 3.63) is 46.8 Å². The van der Waals surface area contributed by atoms with Crippen molar-refractivity contribution in [1.29, 1.82) is 0 Å². The quantitative estimate of drug-likeness (QED) is 0.577. The maximum atomic E-state index is 11.7. The zero-order valence-corrected chi connectivity index (χ0v) is 15.4. The summed E-state index contributed by atoms with van der Waals surface area (Å²) in [7, 11) is 1.57. The molecular weight excluding hydrogens is 350 g/mol. The van der Waals surface area contributed by atoms with Crippen molar-refractivity contribution >= 4 is 11.8 Å². The molecule has 0 radical (unpaired) electrons. The van der Waals surface area contributed by atoms with Crippen LogP contribution in [0.3, 0.4) is 0 Å². The van der Waals surface area contributed by atoms with Crippen LogP contribution in [0.1, 0.15) is 33.8 Å². The largest absolute Gasteiger partial charge is 0.497 e. The molecule has 0 aliphatic carbocycles. The minimum Gasteiger partial charge on any atom is -0.497 e. The number of carboxylic acid groups (broad SMARTS) is 1. The van der Waals surface area contributed by atoms with Crippen molar-refractivity contribution in [1.82, 2.24) is 10.3 Å². The standard InChI is InChI=1S/C19H21N3O5/c1-11-15(12(2)26-21-11)5-4-10-20-18-16(19(23)24)17(27-22-18)13-6-8-14(25-3)9-7-13/h6-9H,4-5,10H2,1-3H3,(H,20,22)(H,23,24). The molecule has 2 aromatic heterocycles. The average Bonchev–Trinajstić information content (AvgIpc) is 3.23. The highest BCUT2D eigenvalue weighted by atomic mass is 16.5. The normalized spacial score (nSPS) is 10.8. The third-order valence-electron chi connectivity index (χ3n) is 4.34. The summed E-state index contributed by atoms with van der Waals surface area (Å²) in [5.74, 6) is 0.801. The molecule has 0 spiro atoms. The minimum atomic E-state index is -1.10. The molecule has 142 valence electrons. The number of aryl methyl sites for hydroxylation is 2. The summed E-state index contributed by atoms with van der Waals surface area (Å²) in [4.78, 5) is 11.7. The molecule has 0 unspecified atom stereocenters. The fourth-order valence-corrected chi connectivity index (χ4v) is 2.88. The van der Waals surface area contributed by atoms with Crippen molar-refractivity contribution in [2.75, 3.05) is 19.0 Å². The van der Waals surface area contributed by atoms with E-state index < -0.39 is 5.97 Å². The highest BCUT2D eigenvalue weighted by Crippen LogP contribution is 2.30. The lowest BCUT2D eigenvalue weighted by atomic mass is 10.1. The van der Waals surface area contributed by atoms with Gasteiger partial charge in [0.1, 0.15) is 11.5 Å². The molecule has 2 heterocycles. The van der Waals surface area contributed by atoms with Gasteiger partial charge < -0.3 is 24.2 Å². The highest BCUT2D eigenvalue weighted by molar-refractivity contribution is 5.99. The second-order valence-corrected chi connectivity index (χ2v) is 6.10. The molecular formula is C19H21N3O5. The summed E-state index contributed by atoms with van der Waals surface area (Å²) >= 11 is 0. The lowest BCUT2D eigenvalue weighted by Crippen LogP contribution is -2.08. The zero-order chi connectivity index (χ0) is 19.4. The number of carbonyl (C=O) groups is 1. The van der Waals surface area contributed by atoms with Crippen LogP contribution in [-0.4, -0.2) is 35.0 Å². The van der Waals surface area contributed by atoms with Gasteiger partial charge in [0.15, 0.2) is 17.1 Å². The molecule has 1 aromatic carbocycles. The summed E-state index contributed by atoms with van der Waals surface area (Å²) in [6, 6.07) is 6.93. The van der Waals surface area contributed by atoms with E-state index in [4.69, 9.17) is 13.8 Å². The van der Waals surface area contributed by atoms with Gasteiger partial charge in [-0.05, 0) is 51.0 Å². The predicted molar refractivity (Wildman–Crippen MR) is 98.2 cm³/mol. The van der Waals surface area contributed by atoms with Crippen LogP contribution in [0.25, 0.3) is 11.3 Å². The van der Waals surface area contributed by atoms with Crippen molar-refractivity contribution in [2.45, 2.75) is 26.7 Å². The first-order valence-electron chi connectivity index (χ1n) is 8.54. The monoisotopic (exact) mass is 371 g/mol. The average molecular weight is 371 g/mol. The second-order valence-electron chi connectivity index (χ2n) is 6.10. The van der Waals surface area contributed by atoms with Crippen molar-refractivity contribution < 1.29 is 23.7 Å². The van der Waals surface area contributed by atoms with E-state index in [9.17, 15) is 9.90 Å². The SMILES string of the molecule is COc1ccc(-c2onc(NCCCc3c(C)noc3C)c2C(=O)O)cc1. The predicted octanol–water partition coefficient (Wildman–Crippen LogP) is 3.70. The fraction of sp³-hybridized carbons (Fsp3) is 0.316. The molecule has 0 saturated carbocycles. The van der Waals surface area contributed by atoms with E-state index in [0.717, 1.165) is 29.9 Å². The molecule has 3 rings (SSSR count). The molecule has 0 saturated heterocycles. The van der Waals surface area contributed by atoms with E-state index in [1.165, 1.54) is 0 Å². The highest BCUT2D eigenvalue weighted by Gasteiger charge is 2.23. The van der Waals surface area contributed by atoms with E-state index in [2.05, 4.69) is 15.6 Å². The summed E-state index contributed by atoms with van der Waals surface area (Å²) < 4.78 is 15.6. The second kappa shape index (κ2) is 7.94. The maximum Gasteiger partial charge on any atom is 0.343 e. The number of ether oxygens (including phenoxy) is 1. The van der Waals surface area contributed by atoms with Crippen LogP contribution < -0.4 is 10.1 Å². The van der Waals surface area contributed by atoms with Crippen LogP contribution in [-0.2, 0) is 6.42 Å². The van der Waals surface area contributed by atoms with E-state index >= 15 is 0 Å². The van der Waals surface area contributed by atoms with Gasteiger partial charge in [-0.1, -0.05) is 10.3 Å². The Bertz CT molecular complexity index is 908. The van der Waals surface area contributed by atoms with Crippen LogP contribution in [0, 0.1) is 13.8 Å². The van der Waals surface area contributed by atoms with E-state index in [1.54, 1.807) is 31.4 Å². The lowest BCUT2D eigenvalue weighted by Gasteiger charge is -2.04. The van der Waals surface area contributed by atoms with Crippen molar-refractivity contribution in [2.24, 2.45) is 0 Å². The van der Waals surface area contributed by atoms with E-state index in [0.29, 0.717) is 17.9 Å². The topological polar surface area (TPSA) is 111 Å². The molecule has 0 aliphatic rings. The van der Waals surface area contributed by atoms with Gasteiger partial charge in [-0.15, -0.1) is 0 Å². The summed E-state index contributed by atoms with van der Waals surface area (Å²) in [6.07, 6.45) is 1.55. The molecule has 0 aliphatic heterocycles. The van der Waals surface area contributed by atoms with Gasteiger partial charge in [0.25, 0.3) is 0 Å². The van der Waals surface area contributed by atoms with Gasteiger partial charge in [0.2, 0.25) is 0 Å². The molecule has 0 bridgehead atoms. The summed E-state index contributed by atoms with van der Waals surface area (Å²) in [5.41, 5.74) is 2.58. The molecule has 0 fully saturated rings. The fourth-order valence-electron chi connectivity index (χ4n) is 2.88. The number of nitrogens with one attached hydrogen (secondary N) is 1. The van der Waals surface area contributed by atoms with Crippen molar-refractivity contribution in [3.8, 4) is 17.1 Å². The molecule has 8 nitrogen and oxygen atoms in total. The van der Waals surface area contributed by atoms with Gasteiger partial charge in [0.05, 0.1) is 12.8 Å². The third-order valence-corrected chi connectivity index (χ3v) is 4.34. The first kappa shape index (κ1) is 18.5. The Hall–Kier alpha value is -3.29. The number of nitrogens with zero attached hydrogens (tertiary/aromatic N) is 2. The number of aromatic carboxylic acids is 1. The van der Waals surface area contributed by atoms with Crippen LogP contribution >= 0.6 is 0 Å². The Morgan fingerprint density at radius 3 is 2.52 bits per heavy atom. The van der Waals surface area contributed by atoms with Crippen LogP contribution in [0.15, 0.2) is 33.3 Å². The first-order chi connectivity index (χ1) is 13.0. The Balaban J connectivity index is 1.70. The van der Waals surface area contributed by atoms with Gasteiger partial charge in [-0.25, -0.2) is 4.79 Å². The summed E-state index contributed by atoms with van der Waals surface area (Å²) in [6.45, 7) is 4.32. The number of rotatable bonds is 8. The Morgan fingerprint density at radius 2 is 1.93 bits per heavy atom. The smallest absolute Gasteiger partial charge is 0.343 e. The number of methoxy groups -OCH3 is 1. The number of aromatic nitrogens is 2. The number of anilines is 1. The molecule has 0 atom stereocenters. The van der Waals surface area contributed by atoms with Gasteiger partial charge in [-0.2, -0.15) is 0 Å². The Morgan fingerprint density at radius 1 is 1.19 bits per heavy atom. The number of benzene rings is 1. The molecule has 8 heteroatoms. The number of carboxylic acids is 1. The summed E-state index contributed by atoms with van der Waals surface area (Å²) in [5, 5.41) is 20.5. The minimum absolute atomic E-state index is 0.0116. The molecule has 27 heavy (non-hydrogen) atoms. The van der Waals surface area contributed by atoms with Gasteiger partial charge in [-0.3, -0.25) is 0 Å². The molecule has 2 N–H and O–H groups in total. The first-order valence-corrected chi connectivity index (χ1v) is 8.54. The third kappa shape index (κ3) is 3.94. The van der Waals surface area contributed by atoms with E-state index in [1.807, 2.05) is 13.8 Å². The maximum absolute atomic E-state index is 11.7. The Labute approximate surface area is 156 Å². The number of hydrogen-bond acceptors (Lipinski definition) is 7. The number of hydrogen-bond donors (Lipinski definition) is 2. The Kier molecular flexibility index (Phi) is 5.44. The van der Waals surface area contributed by atoms with Crippen molar-refractivity contribution in [3.63, 3.8) is 0 Å². The molecule has 3 aromatic rings. The molecule has 0 amide bonds. The van der Waals surface area contributed by atoms with Crippen LogP contribution in [0.2, 0.25) is 0 Å². The lowest BCUT2D eigenvalue weighted by molar-refractivity contribution is 0.0698. The van der Waals surface area contributed by atoms with Crippen LogP contribution in [0.4, 0.5) is 5.82 Å². The van der Waals surface area contributed by atoms with E-state index in [-0.39, 0.29) is 17.1 Å². The van der Waals surface area contributed by atoms with Gasteiger partial charge in [0, 0.05) is 17.7 Å².